The number of nitrogens with zero attached hydrogens (tertiary/aromatic N) is 3. The van der Waals surface area contributed by atoms with Crippen molar-refractivity contribution in [1.82, 2.24) is 13.7 Å². The van der Waals surface area contributed by atoms with E-state index in [0.29, 0.717) is 49.8 Å². The molecule has 9 heteroatoms. The molecule has 0 aliphatic heterocycles. The highest BCUT2D eigenvalue weighted by Crippen LogP contribution is 2.43. The maximum absolute atomic E-state index is 14.4. The molecule has 0 radical (unpaired) electrons. The Kier molecular flexibility index (Phi) is 7.47. The van der Waals surface area contributed by atoms with E-state index in [1.54, 1.807) is 0 Å². The van der Waals surface area contributed by atoms with Crippen LogP contribution in [0.4, 0.5) is 26.3 Å². The van der Waals surface area contributed by atoms with Crippen molar-refractivity contribution in [3.05, 3.63) is 187 Å². The number of hydrogen-bond donors (Lipinski definition) is 0. The van der Waals surface area contributed by atoms with Crippen molar-refractivity contribution < 1.29 is 26.3 Å². The van der Waals surface area contributed by atoms with Gasteiger partial charge in [-0.2, -0.15) is 26.3 Å². The highest BCUT2D eigenvalue weighted by atomic mass is 19.4. The second-order valence-electron chi connectivity index (χ2n) is 14.8. The number of fused-ring (bicyclic) bond motifs is 9. The SMILES string of the molecule is FC(F)(F)c1ccc2c3ccccc3n(-c3cc(-c4ccccc4-n4c5ccccc5c5ccccc54)cc(-n4c5ccccc5c5ccc(C(F)(F)F)cc54)c3)c2c1. The van der Waals surface area contributed by atoms with Crippen molar-refractivity contribution in [3.8, 4) is 28.2 Å². The average Bonchev–Trinajstić information content (AvgIpc) is 3.88. The standard InChI is InChI=1S/C50H29F6N3/c51-49(52,53)31-21-23-40-38-14-2-7-17-43(38)57(47(40)27-31)33-25-30(35-11-1-6-16-42(35)59-45-19-9-4-12-36(45)37-13-5-10-20-46(37)59)26-34(29-33)58-44-18-8-3-15-39(44)41-24-22-32(28-48(41)58)50(54,55)56/h1-29H. The average molecular weight is 786 g/mol. The van der Waals surface area contributed by atoms with Crippen molar-refractivity contribution in [2.45, 2.75) is 12.4 Å². The molecule has 0 N–H and O–H groups in total. The van der Waals surface area contributed by atoms with E-state index >= 15 is 0 Å². The van der Waals surface area contributed by atoms with E-state index in [9.17, 15) is 26.3 Å². The molecular weight excluding hydrogens is 757 g/mol. The lowest BCUT2D eigenvalue weighted by Crippen LogP contribution is -2.06. The third-order valence-corrected chi connectivity index (χ3v) is 11.5. The third-order valence-electron chi connectivity index (χ3n) is 11.5. The van der Waals surface area contributed by atoms with E-state index in [4.69, 9.17) is 0 Å². The summed E-state index contributed by atoms with van der Waals surface area (Å²) in [7, 11) is 0. The third kappa shape index (κ3) is 5.38. The molecule has 11 rings (SSSR count). The molecule has 0 unspecified atom stereocenters. The predicted molar refractivity (Wildman–Crippen MR) is 225 cm³/mol. The normalized spacial score (nSPS) is 12.6. The van der Waals surface area contributed by atoms with Gasteiger partial charge >= 0.3 is 12.4 Å². The fourth-order valence-electron chi connectivity index (χ4n) is 8.95. The molecule has 0 saturated carbocycles. The number of rotatable bonds is 4. The van der Waals surface area contributed by atoms with Crippen molar-refractivity contribution in [3.63, 3.8) is 0 Å². The van der Waals surface area contributed by atoms with E-state index in [1.807, 2.05) is 124 Å². The first-order valence-corrected chi connectivity index (χ1v) is 19.0. The summed E-state index contributed by atoms with van der Waals surface area (Å²) in [5, 5.41) is 4.95. The molecule has 3 heterocycles. The second-order valence-corrected chi connectivity index (χ2v) is 14.8. The predicted octanol–water partition coefficient (Wildman–Crippen LogP) is 14.7. The van der Waals surface area contributed by atoms with Gasteiger partial charge in [-0.25, -0.2) is 0 Å². The lowest BCUT2D eigenvalue weighted by atomic mass is 10.0. The minimum absolute atomic E-state index is 0.349. The smallest absolute Gasteiger partial charge is 0.309 e. The van der Waals surface area contributed by atoms with Crippen LogP contribution in [-0.4, -0.2) is 13.7 Å². The molecule has 0 spiro atoms. The summed E-state index contributed by atoms with van der Waals surface area (Å²) in [6, 6.07) is 52.5. The van der Waals surface area contributed by atoms with Crippen molar-refractivity contribution in [2.24, 2.45) is 0 Å². The fourth-order valence-corrected chi connectivity index (χ4v) is 8.95. The highest BCUT2D eigenvalue weighted by molar-refractivity contribution is 6.12. The van der Waals surface area contributed by atoms with E-state index in [0.717, 1.165) is 56.0 Å². The van der Waals surface area contributed by atoms with Crippen LogP contribution in [0.1, 0.15) is 11.1 Å². The first-order valence-electron chi connectivity index (χ1n) is 19.0. The molecule has 0 fully saturated rings. The summed E-state index contributed by atoms with van der Waals surface area (Å²) in [5.41, 5.74) is 5.93. The number of para-hydroxylation sites is 5. The van der Waals surface area contributed by atoms with Crippen molar-refractivity contribution in [1.29, 1.82) is 0 Å². The van der Waals surface area contributed by atoms with Gasteiger partial charge in [0.2, 0.25) is 0 Å². The van der Waals surface area contributed by atoms with Crippen LogP contribution in [0.15, 0.2) is 176 Å². The van der Waals surface area contributed by atoms with Crippen molar-refractivity contribution in [2.75, 3.05) is 0 Å². The molecule has 59 heavy (non-hydrogen) atoms. The molecule has 8 aromatic carbocycles. The number of hydrogen-bond acceptors (Lipinski definition) is 0. The van der Waals surface area contributed by atoms with Crippen LogP contribution in [0.5, 0.6) is 0 Å². The van der Waals surface area contributed by atoms with E-state index in [-0.39, 0.29) is 0 Å². The molecule has 11 aromatic rings. The molecule has 0 bridgehead atoms. The summed E-state index contributed by atoms with van der Waals surface area (Å²) in [6.07, 6.45) is -9.19. The number of alkyl halides is 6. The highest BCUT2D eigenvalue weighted by Gasteiger charge is 2.33. The Morgan fingerprint density at radius 3 is 1.08 bits per heavy atom. The minimum Gasteiger partial charge on any atom is -0.309 e. The van der Waals surface area contributed by atoms with Crippen LogP contribution in [0.3, 0.4) is 0 Å². The monoisotopic (exact) mass is 785 g/mol. The zero-order valence-corrected chi connectivity index (χ0v) is 30.9. The molecule has 3 nitrogen and oxygen atoms in total. The molecule has 0 amide bonds. The largest absolute Gasteiger partial charge is 0.416 e. The van der Waals surface area contributed by atoms with Crippen LogP contribution >= 0.6 is 0 Å². The van der Waals surface area contributed by atoms with Gasteiger partial charge in [-0.05, 0) is 78.4 Å². The van der Waals surface area contributed by atoms with Crippen LogP contribution < -0.4 is 0 Å². The first kappa shape index (κ1) is 34.9. The molecule has 286 valence electrons. The Hall–Kier alpha value is -7.26. The summed E-state index contributed by atoms with van der Waals surface area (Å²) in [6.45, 7) is 0. The molecule has 3 aromatic heterocycles. The van der Waals surface area contributed by atoms with Crippen molar-refractivity contribution >= 4 is 65.4 Å². The van der Waals surface area contributed by atoms with Gasteiger partial charge in [-0.3, -0.25) is 0 Å². The van der Waals surface area contributed by atoms with Gasteiger partial charge in [0.25, 0.3) is 0 Å². The first-order chi connectivity index (χ1) is 28.5. The Morgan fingerprint density at radius 2 is 0.661 bits per heavy atom. The topological polar surface area (TPSA) is 14.8 Å². The zero-order valence-electron chi connectivity index (χ0n) is 30.9. The Balaban J connectivity index is 1.28. The Bertz CT molecular complexity index is 3290. The molecule has 0 saturated heterocycles. The molecular formula is C50H29F6N3. The van der Waals surface area contributed by atoms with Gasteiger partial charge in [-0.15, -0.1) is 0 Å². The minimum atomic E-state index is -4.59. The number of benzene rings is 8. The van der Waals surface area contributed by atoms with Gasteiger partial charge in [0, 0.05) is 49.3 Å². The molecule has 0 atom stereocenters. The zero-order chi connectivity index (χ0) is 40.2. The van der Waals surface area contributed by atoms with Gasteiger partial charge in [0.1, 0.15) is 0 Å². The summed E-state index contributed by atoms with van der Waals surface area (Å²) < 4.78 is 92.0. The maximum atomic E-state index is 14.4. The van der Waals surface area contributed by atoms with Gasteiger partial charge in [0.15, 0.2) is 0 Å². The Labute approximate surface area is 332 Å². The fraction of sp³-hybridized carbons (Fsp3) is 0.0400. The summed E-state index contributed by atoms with van der Waals surface area (Å²) >= 11 is 0. The van der Waals surface area contributed by atoms with E-state index in [1.165, 1.54) is 24.3 Å². The number of halogens is 6. The van der Waals surface area contributed by atoms with E-state index in [2.05, 4.69) is 28.8 Å². The van der Waals surface area contributed by atoms with Gasteiger partial charge < -0.3 is 13.7 Å². The molecule has 0 aliphatic rings. The van der Waals surface area contributed by atoms with E-state index < -0.39 is 23.5 Å². The van der Waals surface area contributed by atoms with Crippen LogP contribution in [0.25, 0.3) is 93.6 Å². The lowest BCUT2D eigenvalue weighted by Gasteiger charge is -2.19. The van der Waals surface area contributed by atoms with Gasteiger partial charge in [0.05, 0.1) is 49.9 Å². The maximum Gasteiger partial charge on any atom is 0.416 e. The van der Waals surface area contributed by atoms with Crippen LogP contribution in [0.2, 0.25) is 0 Å². The van der Waals surface area contributed by atoms with Crippen LogP contribution in [-0.2, 0) is 12.4 Å². The molecule has 0 aliphatic carbocycles. The quantitative estimate of drug-likeness (QED) is 0.158. The van der Waals surface area contributed by atoms with Gasteiger partial charge in [-0.1, -0.05) is 103 Å². The summed E-state index contributed by atoms with van der Waals surface area (Å²) in [5.74, 6) is 0. The summed E-state index contributed by atoms with van der Waals surface area (Å²) in [4.78, 5) is 0. The lowest BCUT2D eigenvalue weighted by molar-refractivity contribution is -0.138. The number of aromatic nitrogens is 3. The second kappa shape index (κ2) is 12.6. The Morgan fingerprint density at radius 1 is 0.305 bits per heavy atom. The van der Waals surface area contributed by atoms with Crippen LogP contribution in [0, 0.1) is 0 Å².